The molecule has 0 unspecified atom stereocenters. The fourth-order valence-corrected chi connectivity index (χ4v) is 2.86. The zero-order chi connectivity index (χ0) is 13.7. The van der Waals surface area contributed by atoms with Crippen molar-refractivity contribution in [3.05, 3.63) is 38.9 Å². The highest BCUT2D eigenvalue weighted by Crippen LogP contribution is 2.23. The van der Waals surface area contributed by atoms with Gasteiger partial charge in [0.2, 0.25) is 0 Å². The first-order valence-electron chi connectivity index (χ1n) is 5.67. The first-order valence-corrected chi connectivity index (χ1v) is 7.28. The second-order valence-corrected chi connectivity index (χ2v) is 6.08. The molecule has 0 aliphatic rings. The summed E-state index contributed by atoms with van der Waals surface area (Å²) in [5, 5.41) is 3.10. The summed E-state index contributed by atoms with van der Waals surface area (Å²) in [5.41, 5.74) is 0.208. The maximum absolute atomic E-state index is 11.7. The van der Waals surface area contributed by atoms with E-state index in [4.69, 9.17) is 4.74 Å². The Hall–Kier alpha value is -1.47. The molecule has 0 spiro atoms. The summed E-state index contributed by atoms with van der Waals surface area (Å²) < 4.78 is 6.00. The lowest BCUT2D eigenvalue weighted by atomic mass is 10.4. The maximum Gasteiger partial charge on any atom is 0.360 e. The molecule has 0 bridgehead atoms. The predicted molar refractivity (Wildman–Crippen MR) is 77.3 cm³/mol. The molecule has 2 aromatic heterocycles. The number of nitrogens with one attached hydrogen (secondary N) is 1. The Labute approximate surface area is 123 Å². The molecule has 0 fully saturated rings. The summed E-state index contributed by atoms with van der Waals surface area (Å²) in [5.74, 6) is -0.0315. The molecule has 2 heterocycles. The molecule has 0 aliphatic heterocycles. The molecule has 0 amide bonds. The van der Waals surface area contributed by atoms with Crippen LogP contribution < -0.4 is 5.32 Å². The van der Waals surface area contributed by atoms with Gasteiger partial charge in [-0.05, 0) is 35.0 Å². The number of hydrogen-bond acceptors (Lipinski definition) is 6. The Morgan fingerprint density at radius 1 is 1.42 bits per heavy atom. The summed E-state index contributed by atoms with van der Waals surface area (Å²) in [4.78, 5) is 21.0. The standard InChI is InChI=1S/C12H12BrN3O2S/c1-2-18-12(17)10-11(15-6-5-14-10)16-7-8-3-4-9(13)19-8/h3-6H,2,7H2,1H3,(H,15,16). The maximum atomic E-state index is 11.7. The molecule has 0 saturated carbocycles. The van der Waals surface area contributed by atoms with Crippen LogP contribution in [0.25, 0.3) is 0 Å². The molecular formula is C12H12BrN3O2S. The highest BCUT2D eigenvalue weighted by atomic mass is 79.9. The topological polar surface area (TPSA) is 64.1 Å². The van der Waals surface area contributed by atoms with Crippen molar-refractivity contribution < 1.29 is 9.53 Å². The van der Waals surface area contributed by atoms with E-state index in [-0.39, 0.29) is 5.69 Å². The summed E-state index contributed by atoms with van der Waals surface area (Å²) in [6, 6.07) is 3.98. The van der Waals surface area contributed by atoms with Gasteiger partial charge in [0.25, 0.3) is 0 Å². The van der Waals surface area contributed by atoms with E-state index in [1.807, 2.05) is 12.1 Å². The molecule has 19 heavy (non-hydrogen) atoms. The Kier molecular flexibility index (Phi) is 4.86. The Bertz CT molecular complexity index is 574. The van der Waals surface area contributed by atoms with Crippen LogP contribution in [-0.2, 0) is 11.3 Å². The highest BCUT2D eigenvalue weighted by molar-refractivity contribution is 9.11. The predicted octanol–water partition coefficient (Wildman–Crippen LogP) is 3.09. The number of halogens is 1. The van der Waals surface area contributed by atoms with Crippen LogP contribution in [0.2, 0.25) is 0 Å². The van der Waals surface area contributed by atoms with Crippen LogP contribution in [0.15, 0.2) is 28.3 Å². The van der Waals surface area contributed by atoms with Crippen molar-refractivity contribution in [3.63, 3.8) is 0 Å². The van der Waals surface area contributed by atoms with Gasteiger partial charge in [0.15, 0.2) is 11.5 Å². The van der Waals surface area contributed by atoms with Crippen LogP contribution in [-0.4, -0.2) is 22.5 Å². The Balaban J connectivity index is 2.09. The summed E-state index contributed by atoms with van der Waals surface area (Å²) in [6.07, 6.45) is 3.01. The zero-order valence-corrected chi connectivity index (χ0v) is 12.6. The van der Waals surface area contributed by atoms with Gasteiger partial charge in [-0.1, -0.05) is 0 Å². The number of esters is 1. The number of carbonyl (C=O) groups is 1. The van der Waals surface area contributed by atoms with E-state index >= 15 is 0 Å². The van der Waals surface area contributed by atoms with Crippen molar-refractivity contribution in [2.45, 2.75) is 13.5 Å². The number of rotatable bonds is 5. The average molecular weight is 342 g/mol. The summed E-state index contributed by atoms with van der Waals surface area (Å²) in [6.45, 7) is 2.65. The third kappa shape index (κ3) is 3.74. The molecule has 2 rings (SSSR count). The van der Waals surface area contributed by atoms with E-state index in [2.05, 4.69) is 31.2 Å². The van der Waals surface area contributed by atoms with Crippen LogP contribution in [0.4, 0.5) is 5.82 Å². The fraction of sp³-hybridized carbons (Fsp3) is 0.250. The molecule has 100 valence electrons. The van der Waals surface area contributed by atoms with Crippen molar-refractivity contribution in [1.82, 2.24) is 9.97 Å². The fourth-order valence-electron chi connectivity index (χ4n) is 1.43. The third-order valence-corrected chi connectivity index (χ3v) is 3.85. The minimum atomic E-state index is -0.467. The molecule has 0 aliphatic carbocycles. The van der Waals surface area contributed by atoms with Crippen LogP contribution in [0.3, 0.4) is 0 Å². The molecular weight excluding hydrogens is 330 g/mol. The van der Waals surface area contributed by atoms with E-state index < -0.39 is 5.97 Å². The van der Waals surface area contributed by atoms with Crippen molar-refractivity contribution in [3.8, 4) is 0 Å². The number of ether oxygens (including phenoxy) is 1. The average Bonchev–Trinajstić information content (AvgIpc) is 2.83. The molecule has 0 aromatic carbocycles. The van der Waals surface area contributed by atoms with Crippen molar-refractivity contribution in [2.75, 3.05) is 11.9 Å². The van der Waals surface area contributed by atoms with Gasteiger partial charge >= 0.3 is 5.97 Å². The summed E-state index contributed by atoms with van der Waals surface area (Å²) in [7, 11) is 0. The first-order chi connectivity index (χ1) is 9.20. The molecule has 2 aromatic rings. The second-order valence-electron chi connectivity index (χ2n) is 3.53. The lowest BCUT2D eigenvalue weighted by Gasteiger charge is -2.08. The van der Waals surface area contributed by atoms with Gasteiger partial charge in [-0.2, -0.15) is 0 Å². The van der Waals surface area contributed by atoms with Gasteiger partial charge in [0, 0.05) is 17.3 Å². The summed E-state index contributed by atoms with van der Waals surface area (Å²) >= 11 is 5.03. The molecule has 0 radical (unpaired) electrons. The first kappa shape index (κ1) is 14.0. The number of nitrogens with zero attached hydrogens (tertiary/aromatic N) is 2. The van der Waals surface area contributed by atoms with Gasteiger partial charge in [0.1, 0.15) is 0 Å². The van der Waals surface area contributed by atoms with Crippen molar-refractivity contribution in [2.24, 2.45) is 0 Å². The number of aromatic nitrogens is 2. The monoisotopic (exact) mass is 341 g/mol. The van der Waals surface area contributed by atoms with E-state index in [9.17, 15) is 4.79 Å². The van der Waals surface area contributed by atoms with Gasteiger partial charge in [-0.3, -0.25) is 0 Å². The van der Waals surface area contributed by atoms with E-state index in [0.717, 1.165) is 8.66 Å². The van der Waals surface area contributed by atoms with Gasteiger partial charge in [-0.25, -0.2) is 14.8 Å². The largest absolute Gasteiger partial charge is 0.461 e. The smallest absolute Gasteiger partial charge is 0.360 e. The number of thiophene rings is 1. The highest BCUT2D eigenvalue weighted by Gasteiger charge is 2.15. The zero-order valence-electron chi connectivity index (χ0n) is 10.2. The molecule has 7 heteroatoms. The second kappa shape index (κ2) is 6.63. The molecule has 1 N–H and O–H groups in total. The normalized spacial score (nSPS) is 10.2. The third-order valence-electron chi connectivity index (χ3n) is 2.23. The van der Waals surface area contributed by atoms with Gasteiger partial charge < -0.3 is 10.1 Å². The van der Waals surface area contributed by atoms with Crippen molar-refractivity contribution >= 4 is 39.1 Å². The number of hydrogen-bond donors (Lipinski definition) is 1. The van der Waals surface area contributed by atoms with Crippen molar-refractivity contribution in [1.29, 1.82) is 0 Å². The minimum Gasteiger partial charge on any atom is -0.461 e. The Morgan fingerprint density at radius 3 is 2.89 bits per heavy atom. The lowest BCUT2D eigenvalue weighted by molar-refractivity contribution is 0.0520. The molecule has 5 nitrogen and oxygen atoms in total. The van der Waals surface area contributed by atoms with E-state index in [0.29, 0.717) is 19.0 Å². The van der Waals surface area contributed by atoms with Crippen LogP contribution in [0.5, 0.6) is 0 Å². The number of anilines is 1. The van der Waals surface area contributed by atoms with E-state index in [1.165, 1.54) is 12.4 Å². The SMILES string of the molecule is CCOC(=O)c1nccnc1NCc1ccc(Br)s1. The van der Waals surface area contributed by atoms with Gasteiger partial charge in [0.05, 0.1) is 16.9 Å². The van der Waals surface area contributed by atoms with E-state index in [1.54, 1.807) is 18.3 Å². The lowest BCUT2D eigenvalue weighted by Crippen LogP contribution is -2.12. The minimum absolute atomic E-state index is 0.208. The van der Waals surface area contributed by atoms with Gasteiger partial charge in [-0.15, -0.1) is 11.3 Å². The Morgan fingerprint density at radius 2 is 2.21 bits per heavy atom. The molecule has 0 atom stereocenters. The quantitative estimate of drug-likeness (QED) is 0.846. The number of carbonyl (C=O) groups excluding carboxylic acids is 1. The van der Waals surface area contributed by atoms with Crippen LogP contribution in [0, 0.1) is 0 Å². The molecule has 0 saturated heterocycles. The van der Waals surface area contributed by atoms with Crippen LogP contribution in [0.1, 0.15) is 22.3 Å². The van der Waals surface area contributed by atoms with Crippen LogP contribution >= 0.6 is 27.3 Å².